The van der Waals surface area contributed by atoms with E-state index in [1.807, 2.05) is 13.8 Å². The molecule has 0 amide bonds. The fraction of sp³-hybridized carbons (Fsp3) is 0.833. The summed E-state index contributed by atoms with van der Waals surface area (Å²) < 4.78 is 47.4. The number of hydrogen-bond acceptors (Lipinski definition) is 16. The highest BCUT2D eigenvalue weighted by Crippen LogP contribution is 2.47. The van der Waals surface area contributed by atoms with E-state index in [2.05, 4.69) is 13.8 Å². The third-order valence-corrected chi connectivity index (χ3v) is 13.7. The molecule has 402 valence electrons. The minimum absolute atomic E-state index is 0.0608. The van der Waals surface area contributed by atoms with E-state index in [9.17, 15) is 39.3 Å². The zero-order valence-corrected chi connectivity index (χ0v) is 43.9. The zero-order valence-electron chi connectivity index (χ0n) is 43.9. The second-order valence-electron chi connectivity index (χ2n) is 21.0. The van der Waals surface area contributed by atoms with Crippen LogP contribution in [0.2, 0.25) is 0 Å². The van der Waals surface area contributed by atoms with Gasteiger partial charge in [-0.15, -0.1) is 0 Å². The number of esters is 5. The molecule has 16 heteroatoms. The van der Waals surface area contributed by atoms with Crippen molar-refractivity contribution in [2.45, 2.75) is 257 Å². The summed E-state index contributed by atoms with van der Waals surface area (Å²) >= 11 is 0. The second kappa shape index (κ2) is 31.2. The molecule has 3 aliphatic heterocycles. The van der Waals surface area contributed by atoms with Crippen LogP contribution < -0.4 is 0 Å². The van der Waals surface area contributed by atoms with Gasteiger partial charge >= 0.3 is 29.8 Å². The van der Waals surface area contributed by atoms with Crippen LogP contribution in [0.5, 0.6) is 0 Å². The van der Waals surface area contributed by atoms with Crippen LogP contribution in [0.25, 0.3) is 0 Å². The molecule has 0 saturated carbocycles. The Bertz CT molecular complexity index is 1660. The first-order valence-electron chi connectivity index (χ1n) is 26.5. The number of carbonyl (C=O) groups is 5. The number of methoxy groups -OCH3 is 1. The predicted molar refractivity (Wildman–Crippen MR) is 262 cm³/mol. The second-order valence-corrected chi connectivity index (χ2v) is 21.0. The first kappa shape index (κ1) is 60.9. The summed E-state index contributed by atoms with van der Waals surface area (Å²) in [5.41, 5.74) is -2.17. The normalized spacial score (nSPS) is 28.0. The molecule has 2 fully saturated rings. The quantitative estimate of drug-likeness (QED) is 0.0270. The number of ether oxygens (including phenoxy) is 8. The topological polar surface area (TPSA) is 220 Å². The van der Waals surface area contributed by atoms with Gasteiger partial charge in [0.1, 0.15) is 12.2 Å². The Balaban J connectivity index is 1.89. The van der Waals surface area contributed by atoms with Crippen molar-refractivity contribution in [2.75, 3.05) is 20.3 Å². The van der Waals surface area contributed by atoms with Crippen LogP contribution in [0, 0.1) is 10.8 Å². The molecule has 16 nitrogen and oxygen atoms in total. The van der Waals surface area contributed by atoms with Gasteiger partial charge < -0.3 is 53.2 Å². The number of unbranched alkanes of at least 4 members (excludes halogenated alkanes) is 14. The number of cyclic esters (lactones) is 2. The molecule has 0 aromatic heterocycles. The maximum Gasteiger partial charge on any atom is 0.330 e. The van der Waals surface area contributed by atoms with E-state index in [1.165, 1.54) is 59.0 Å². The lowest BCUT2D eigenvalue weighted by Gasteiger charge is -2.51. The number of rotatable bonds is 24. The van der Waals surface area contributed by atoms with E-state index < -0.39 is 102 Å². The Kier molecular flexibility index (Phi) is 27.2. The highest BCUT2D eigenvalue weighted by Gasteiger charge is 2.58. The lowest BCUT2D eigenvalue weighted by atomic mass is 9.74. The number of hydrogen-bond donors (Lipinski definition) is 3. The van der Waals surface area contributed by atoms with E-state index in [1.54, 1.807) is 26.0 Å². The molecule has 0 aliphatic carbocycles. The monoisotopic (exact) mass is 995 g/mol. The van der Waals surface area contributed by atoms with Crippen molar-refractivity contribution in [1.82, 2.24) is 0 Å². The molecule has 0 aromatic carbocycles. The summed E-state index contributed by atoms with van der Waals surface area (Å²) in [5.74, 6) is -5.79. The maximum absolute atomic E-state index is 13.5. The van der Waals surface area contributed by atoms with E-state index in [-0.39, 0.29) is 56.9 Å². The van der Waals surface area contributed by atoms with Gasteiger partial charge in [0.05, 0.1) is 57.6 Å². The molecule has 0 aromatic rings. The molecule has 3 N–H and O–H groups in total. The molecule has 70 heavy (non-hydrogen) atoms. The first-order valence-corrected chi connectivity index (χ1v) is 26.5. The fourth-order valence-corrected chi connectivity index (χ4v) is 9.10. The molecular formula is C54H90O16. The molecule has 4 bridgehead atoms. The zero-order chi connectivity index (χ0) is 51.7. The maximum atomic E-state index is 13.5. The van der Waals surface area contributed by atoms with E-state index in [4.69, 9.17) is 37.9 Å². The first-order chi connectivity index (χ1) is 33.2. The van der Waals surface area contributed by atoms with Crippen LogP contribution in [0.1, 0.15) is 203 Å². The van der Waals surface area contributed by atoms with Crippen molar-refractivity contribution in [1.29, 1.82) is 0 Å². The predicted octanol–water partition coefficient (Wildman–Crippen LogP) is 8.96. The number of carbonyl (C=O) groups excluding carboxylic acids is 5. The lowest BCUT2D eigenvalue weighted by Crippen LogP contribution is -2.62. The molecular weight excluding hydrogens is 905 g/mol. The molecule has 0 spiro atoms. The van der Waals surface area contributed by atoms with E-state index in [0.29, 0.717) is 19.3 Å². The van der Waals surface area contributed by atoms with Gasteiger partial charge in [-0.25, -0.2) is 4.79 Å². The summed E-state index contributed by atoms with van der Waals surface area (Å²) in [7, 11) is 1.19. The standard InChI is InChI=1S/C54H90O16/c1-9-11-13-15-16-17-18-19-20-22-23-25-45(57)65-37-52(4,5)44-36-41-28-30-64-50(66-41)27-29-53(6,7)54(62)51(69-46(58)26-24-21-14-12-10-2)39(32-47(59)63-8)31-42(70-54)35-43(38(3)55)67-48(60)33-40(56)34-49(61)68-44/h27,29,32,38,40-44,50-51,55-56,62H,9-26,28,30-31,33-37H2,1-8H3/t38-,40+,41+,42+,43-,44+,50+,51+,54-/m1/s1. The van der Waals surface area contributed by atoms with Crippen molar-refractivity contribution < 1.29 is 77.2 Å². The average Bonchev–Trinajstić information content (AvgIpc) is 3.29. The third-order valence-electron chi connectivity index (χ3n) is 13.7. The molecule has 3 aliphatic rings. The van der Waals surface area contributed by atoms with Crippen LogP contribution in [-0.4, -0.2) is 120 Å². The van der Waals surface area contributed by atoms with Crippen molar-refractivity contribution in [3.63, 3.8) is 0 Å². The molecule has 2 saturated heterocycles. The van der Waals surface area contributed by atoms with Crippen LogP contribution in [-0.2, 0) is 61.9 Å². The molecule has 0 unspecified atom stereocenters. The van der Waals surface area contributed by atoms with Crippen LogP contribution >= 0.6 is 0 Å². The molecule has 3 rings (SSSR count). The number of aliphatic hydroxyl groups excluding tert-OH is 2. The minimum atomic E-state index is -2.36. The summed E-state index contributed by atoms with van der Waals surface area (Å²) in [4.78, 5) is 66.2. The van der Waals surface area contributed by atoms with Gasteiger partial charge in [0.15, 0.2) is 12.4 Å². The molecule has 9 atom stereocenters. The smallest absolute Gasteiger partial charge is 0.330 e. The minimum Gasteiger partial charge on any atom is -0.466 e. The Hall–Kier alpha value is -3.41. The molecule has 3 heterocycles. The van der Waals surface area contributed by atoms with Crippen LogP contribution in [0.4, 0.5) is 0 Å². The van der Waals surface area contributed by atoms with E-state index >= 15 is 0 Å². The van der Waals surface area contributed by atoms with Gasteiger partial charge in [0.25, 0.3) is 0 Å². The number of fused-ring (bicyclic) bond motifs is 4. The van der Waals surface area contributed by atoms with Gasteiger partial charge in [-0.1, -0.05) is 138 Å². The van der Waals surface area contributed by atoms with Crippen molar-refractivity contribution in [3.05, 3.63) is 23.8 Å². The van der Waals surface area contributed by atoms with Crippen LogP contribution in [0.15, 0.2) is 23.8 Å². The fourth-order valence-electron chi connectivity index (χ4n) is 9.10. The van der Waals surface area contributed by atoms with Gasteiger partial charge in [0.2, 0.25) is 5.79 Å². The summed E-state index contributed by atoms with van der Waals surface area (Å²) in [6, 6.07) is 0. The summed E-state index contributed by atoms with van der Waals surface area (Å²) in [6.07, 6.45) is 12.0. The van der Waals surface area contributed by atoms with Crippen molar-refractivity contribution >= 4 is 29.8 Å². The average molecular weight is 995 g/mol. The van der Waals surface area contributed by atoms with Gasteiger partial charge in [-0.3, -0.25) is 19.2 Å². The van der Waals surface area contributed by atoms with E-state index in [0.717, 1.165) is 51.0 Å². The Morgan fingerprint density at radius 2 is 1.37 bits per heavy atom. The largest absolute Gasteiger partial charge is 0.466 e. The van der Waals surface area contributed by atoms with Crippen LogP contribution in [0.3, 0.4) is 0 Å². The number of aliphatic hydroxyl groups is 3. The van der Waals surface area contributed by atoms with Gasteiger partial charge in [-0.2, -0.15) is 0 Å². The Morgan fingerprint density at radius 1 is 0.814 bits per heavy atom. The van der Waals surface area contributed by atoms with Crippen molar-refractivity contribution in [2.24, 2.45) is 10.8 Å². The third kappa shape index (κ3) is 21.4. The Morgan fingerprint density at radius 3 is 1.94 bits per heavy atom. The lowest BCUT2D eigenvalue weighted by molar-refractivity contribution is -0.327. The summed E-state index contributed by atoms with van der Waals surface area (Å²) in [6.45, 7) is 12.9. The van der Waals surface area contributed by atoms with Gasteiger partial charge in [0, 0.05) is 42.6 Å². The summed E-state index contributed by atoms with van der Waals surface area (Å²) in [5, 5.41) is 34.7. The highest BCUT2D eigenvalue weighted by atomic mass is 16.7. The Labute approximate surface area is 418 Å². The highest BCUT2D eigenvalue weighted by molar-refractivity contribution is 5.83. The van der Waals surface area contributed by atoms with Crippen molar-refractivity contribution in [3.8, 4) is 0 Å². The van der Waals surface area contributed by atoms with Gasteiger partial charge in [-0.05, 0) is 44.3 Å². The SMILES string of the molecule is CCCCCCCCCCCCCC(=O)OCC(C)(C)[C@@H]1C[C@@H]2CCO[C@H](C=CC(C)(C)[C@]3(O)O[C@@H](CC(=CC(=O)OC)[C@@H]3OC(=O)CCCCCCC)C[C@H]([C@@H](C)O)OC(=O)C[C@H](O)CC(=O)O1)O2. The molecule has 0 radical (unpaired) electrons.